The molecule has 2 aromatic carbocycles. The molecule has 0 amide bonds. The molecule has 0 saturated carbocycles. The molecule has 0 radical (unpaired) electrons. The molecule has 2 aromatic rings. The molecule has 0 bridgehead atoms. The monoisotopic (exact) mass is 327 g/mol. The highest BCUT2D eigenvalue weighted by Gasteiger charge is 2.10. The zero-order valence-electron chi connectivity index (χ0n) is 11.1. The van der Waals surface area contributed by atoms with Gasteiger partial charge in [-0.3, -0.25) is 0 Å². The number of benzene rings is 2. The van der Waals surface area contributed by atoms with Gasteiger partial charge in [0.2, 0.25) is 10.0 Å². The van der Waals surface area contributed by atoms with Crippen LogP contribution in [0.5, 0.6) is 5.75 Å². The molecule has 21 heavy (non-hydrogen) atoms. The first-order valence-corrected chi connectivity index (χ1v) is 7.76. The average Bonchev–Trinajstić information content (AvgIpc) is 2.37. The summed E-state index contributed by atoms with van der Waals surface area (Å²) in [6.45, 7) is 0. The van der Waals surface area contributed by atoms with Crippen LogP contribution in [0.3, 0.4) is 0 Å². The summed E-state index contributed by atoms with van der Waals surface area (Å²) in [5.74, 6) is 0.542. The van der Waals surface area contributed by atoms with Gasteiger partial charge < -0.3 is 15.8 Å². The summed E-state index contributed by atoms with van der Waals surface area (Å²) in [6.07, 6.45) is 0. The van der Waals surface area contributed by atoms with Crippen LogP contribution in [0.1, 0.15) is 0 Å². The number of hydrogen-bond acceptors (Lipinski definition) is 5. The first-order chi connectivity index (χ1) is 9.79. The predicted octanol–water partition coefficient (Wildman–Crippen LogP) is 2.32. The molecule has 6 nitrogen and oxygen atoms in total. The summed E-state index contributed by atoms with van der Waals surface area (Å²) in [5, 5.41) is 8.54. The topological polar surface area (TPSA) is 107 Å². The fraction of sp³-hybridized carbons (Fsp3) is 0.0769. The molecule has 5 N–H and O–H groups in total. The van der Waals surface area contributed by atoms with Crippen molar-refractivity contribution < 1.29 is 13.2 Å². The van der Waals surface area contributed by atoms with E-state index in [0.29, 0.717) is 22.1 Å². The molecule has 0 saturated heterocycles. The first kappa shape index (κ1) is 15.4. The number of ether oxygens (including phenoxy) is 1. The summed E-state index contributed by atoms with van der Waals surface area (Å²) in [4.78, 5) is -0.0652. The Labute approximate surface area is 127 Å². The fourth-order valence-corrected chi connectivity index (χ4v) is 2.62. The van der Waals surface area contributed by atoms with Gasteiger partial charge in [0.05, 0.1) is 17.0 Å². The third-order valence-electron chi connectivity index (χ3n) is 2.70. The van der Waals surface area contributed by atoms with Gasteiger partial charge in [-0.15, -0.1) is 0 Å². The Bertz CT molecular complexity index is 778. The molecule has 0 aliphatic rings. The maximum Gasteiger partial charge on any atom is 0.238 e. The molecule has 0 aromatic heterocycles. The number of sulfonamides is 1. The lowest BCUT2D eigenvalue weighted by Gasteiger charge is -2.11. The van der Waals surface area contributed by atoms with Gasteiger partial charge in [0, 0.05) is 17.1 Å². The van der Waals surface area contributed by atoms with Gasteiger partial charge in [-0.1, -0.05) is 11.6 Å². The molecule has 2 rings (SSSR count). The van der Waals surface area contributed by atoms with Gasteiger partial charge in [0.15, 0.2) is 0 Å². The molecular weight excluding hydrogens is 314 g/mol. The van der Waals surface area contributed by atoms with Crippen LogP contribution in [-0.4, -0.2) is 15.5 Å². The summed E-state index contributed by atoms with van der Waals surface area (Å²) in [6, 6.07) is 9.36. The summed E-state index contributed by atoms with van der Waals surface area (Å²) in [5.41, 5.74) is 7.11. The van der Waals surface area contributed by atoms with Crippen molar-refractivity contribution in [3.05, 3.63) is 41.4 Å². The number of hydrogen-bond donors (Lipinski definition) is 3. The number of rotatable bonds is 4. The van der Waals surface area contributed by atoms with Crippen LogP contribution in [0.4, 0.5) is 17.1 Å². The molecular formula is C13H14ClN3O3S. The lowest BCUT2D eigenvalue weighted by atomic mass is 10.2. The van der Waals surface area contributed by atoms with E-state index in [-0.39, 0.29) is 10.6 Å². The Morgan fingerprint density at radius 2 is 1.86 bits per heavy atom. The van der Waals surface area contributed by atoms with E-state index in [0.717, 1.165) is 0 Å². The summed E-state index contributed by atoms with van der Waals surface area (Å²) < 4.78 is 27.8. The highest BCUT2D eigenvalue weighted by Crippen LogP contribution is 2.30. The smallest absolute Gasteiger partial charge is 0.238 e. The zero-order chi connectivity index (χ0) is 15.6. The van der Waals surface area contributed by atoms with Gasteiger partial charge in [-0.25, -0.2) is 13.6 Å². The second-order valence-corrected chi connectivity index (χ2v) is 6.28. The Kier molecular flexibility index (Phi) is 4.26. The van der Waals surface area contributed by atoms with Crippen LogP contribution in [0, 0.1) is 0 Å². The van der Waals surface area contributed by atoms with E-state index in [1.165, 1.54) is 19.2 Å². The van der Waals surface area contributed by atoms with E-state index in [4.69, 9.17) is 27.2 Å². The van der Waals surface area contributed by atoms with Crippen molar-refractivity contribution in [1.29, 1.82) is 0 Å². The van der Waals surface area contributed by atoms with E-state index < -0.39 is 10.0 Å². The van der Waals surface area contributed by atoms with Gasteiger partial charge in [-0.05, 0) is 36.4 Å². The number of anilines is 3. The highest BCUT2D eigenvalue weighted by atomic mass is 35.5. The summed E-state index contributed by atoms with van der Waals surface area (Å²) in [7, 11) is -2.31. The molecule has 0 spiro atoms. The Morgan fingerprint density at radius 1 is 1.14 bits per heavy atom. The second-order valence-electron chi connectivity index (χ2n) is 4.31. The second kappa shape index (κ2) is 5.80. The quantitative estimate of drug-likeness (QED) is 0.747. The minimum atomic E-state index is -3.83. The Hall–Kier alpha value is -1.96. The fourth-order valence-electron chi connectivity index (χ4n) is 1.77. The van der Waals surface area contributed by atoms with E-state index >= 15 is 0 Å². The Morgan fingerprint density at radius 3 is 2.43 bits per heavy atom. The van der Waals surface area contributed by atoms with Crippen molar-refractivity contribution >= 4 is 38.7 Å². The molecule has 0 unspecified atom stereocenters. The van der Waals surface area contributed by atoms with Crippen molar-refractivity contribution in [3.63, 3.8) is 0 Å². The third-order valence-corrected chi connectivity index (χ3v) is 3.89. The highest BCUT2D eigenvalue weighted by molar-refractivity contribution is 7.89. The van der Waals surface area contributed by atoms with Gasteiger partial charge in [-0.2, -0.15) is 0 Å². The van der Waals surface area contributed by atoms with E-state index in [2.05, 4.69) is 5.32 Å². The minimum Gasteiger partial charge on any atom is -0.495 e. The van der Waals surface area contributed by atoms with Crippen LogP contribution in [0.2, 0.25) is 5.02 Å². The van der Waals surface area contributed by atoms with Crippen LogP contribution in [0.25, 0.3) is 0 Å². The average molecular weight is 328 g/mol. The van der Waals surface area contributed by atoms with Crippen molar-refractivity contribution in [2.75, 3.05) is 18.2 Å². The number of methoxy groups -OCH3 is 1. The molecule has 0 heterocycles. The number of nitrogen functional groups attached to an aromatic ring is 1. The van der Waals surface area contributed by atoms with Gasteiger partial charge in [0.1, 0.15) is 5.75 Å². The molecule has 112 valence electrons. The van der Waals surface area contributed by atoms with Crippen molar-refractivity contribution in [2.45, 2.75) is 4.90 Å². The lowest BCUT2D eigenvalue weighted by Crippen LogP contribution is -2.12. The molecule has 8 heteroatoms. The van der Waals surface area contributed by atoms with Crippen molar-refractivity contribution in [2.24, 2.45) is 5.14 Å². The van der Waals surface area contributed by atoms with Crippen LogP contribution in [-0.2, 0) is 10.0 Å². The molecule has 0 atom stereocenters. The lowest BCUT2D eigenvalue weighted by molar-refractivity contribution is 0.415. The Balaban J connectivity index is 2.36. The van der Waals surface area contributed by atoms with E-state index in [9.17, 15) is 8.42 Å². The maximum absolute atomic E-state index is 11.4. The van der Waals surface area contributed by atoms with Gasteiger partial charge in [0.25, 0.3) is 0 Å². The SMILES string of the molecule is COc1ccc(Nc2cc(N)cc(S(N)(=O)=O)c2)cc1Cl. The molecule has 0 fully saturated rings. The minimum absolute atomic E-state index is 0.0652. The standard InChI is InChI=1S/C13H14ClN3O3S/c1-20-13-3-2-9(7-12(13)14)17-10-4-8(15)5-11(6-10)21(16,18)19/h2-7,17H,15H2,1H3,(H2,16,18,19). The number of primary sulfonamides is 1. The van der Waals surface area contributed by atoms with Crippen LogP contribution >= 0.6 is 11.6 Å². The summed E-state index contributed by atoms with van der Waals surface area (Å²) >= 11 is 6.03. The normalized spacial score (nSPS) is 11.2. The van der Waals surface area contributed by atoms with Crippen LogP contribution in [0.15, 0.2) is 41.3 Å². The predicted molar refractivity (Wildman–Crippen MR) is 83.5 cm³/mol. The van der Waals surface area contributed by atoms with E-state index in [1.54, 1.807) is 24.3 Å². The number of halogens is 1. The zero-order valence-corrected chi connectivity index (χ0v) is 12.7. The molecule has 0 aliphatic carbocycles. The van der Waals surface area contributed by atoms with Gasteiger partial charge >= 0.3 is 0 Å². The number of nitrogens with one attached hydrogen (secondary N) is 1. The number of nitrogens with two attached hydrogens (primary N) is 2. The third kappa shape index (κ3) is 3.78. The van der Waals surface area contributed by atoms with Crippen LogP contribution < -0.4 is 20.9 Å². The maximum atomic E-state index is 11.4. The van der Waals surface area contributed by atoms with Crippen molar-refractivity contribution in [3.8, 4) is 5.75 Å². The first-order valence-electron chi connectivity index (χ1n) is 5.83. The van der Waals surface area contributed by atoms with Crippen molar-refractivity contribution in [1.82, 2.24) is 0 Å². The molecule has 0 aliphatic heterocycles. The largest absolute Gasteiger partial charge is 0.495 e. The van der Waals surface area contributed by atoms with E-state index in [1.807, 2.05) is 0 Å².